The summed E-state index contributed by atoms with van der Waals surface area (Å²) in [6, 6.07) is 7.22. The Morgan fingerprint density at radius 2 is 2.26 bits per heavy atom. The van der Waals surface area contributed by atoms with Gasteiger partial charge in [0.05, 0.1) is 13.2 Å². The van der Waals surface area contributed by atoms with E-state index < -0.39 is 11.5 Å². The van der Waals surface area contributed by atoms with Gasteiger partial charge >= 0.3 is 5.97 Å². The summed E-state index contributed by atoms with van der Waals surface area (Å²) in [4.78, 5) is 24.5. The first-order chi connectivity index (χ1) is 9.16. The number of ether oxygens (including phenoxy) is 1. The molecule has 1 aromatic carbocycles. The van der Waals surface area contributed by atoms with Crippen molar-refractivity contribution in [3.05, 3.63) is 35.4 Å². The van der Waals surface area contributed by atoms with E-state index in [0.29, 0.717) is 31.5 Å². The van der Waals surface area contributed by atoms with E-state index in [9.17, 15) is 14.7 Å². The van der Waals surface area contributed by atoms with Crippen LogP contribution in [0.4, 0.5) is 0 Å². The molecule has 0 aliphatic carbocycles. The molecule has 0 spiro atoms. The number of carbonyl (C=O) groups excluding carboxylic acids is 1. The minimum absolute atomic E-state index is 0.0158. The van der Waals surface area contributed by atoms with Gasteiger partial charge in [0.1, 0.15) is 0 Å². The van der Waals surface area contributed by atoms with Gasteiger partial charge in [-0.1, -0.05) is 31.2 Å². The number of rotatable bonds is 5. The maximum atomic E-state index is 11.8. The molecule has 19 heavy (non-hydrogen) atoms. The number of amides is 1. The monoisotopic (exact) mass is 263 g/mol. The molecule has 1 amide bonds. The minimum atomic E-state index is -1.41. The highest BCUT2D eigenvalue weighted by atomic mass is 16.5. The van der Waals surface area contributed by atoms with Crippen LogP contribution in [0.5, 0.6) is 0 Å². The van der Waals surface area contributed by atoms with E-state index in [2.05, 4.69) is 0 Å². The van der Waals surface area contributed by atoms with Crippen LogP contribution in [0.1, 0.15) is 24.5 Å². The molecule has 102 valence electrons. The molecule has 1 aliphatic heterocycles. The second-order valence-electron chi connectivity index (χ2n) is 4.61. The molecule has 1 aromatic rings. The first-order valence-electron chi connectivity index (χ1n) is 6.28. The number of aliphatic carboxylic acids is 1. The van der Waals surface area contributed by atoms with Crippen molar-refractivity contribution in [2.75, 3.05) is 13.2 Å². The molecule has 0 saturated carbocycles. The van der Waals surface area contributed by atoms with E-state index >= 15 is 0 Å². The molecule has 1 unspecified atom stereocenters. The van der Waals surface area contributed by atoms with Crippen LogP contribution in [0.2, 0.25) is 0 Å². The minimum Gasteiger partial charge on any atom is -0.479 e. The van der Waals surface area contributed by atoms with E-state index in [1.807, 2.05) is 19.1 Å². The smallest absolute Gasteiger partial charge is 0.336 e. The summed E-state index contributed by atoms with van der Waals surface area (Å²) >= 11 is 0. The van der Waals surface area contributed by atoms with Crippen LogP contribution in [0.15, 0.2) is 24.3 Å². The fourth-order valence-electron chi connectivity index (χ4n) is 2.55. The number of carbonyl (C=O) groups is 2. The average molecular weight is 263 g/mol. The molecule has 1 aliphatic rings. The summed E-state index contributed by atoms with van der Waals surface area (Å²) in [5.74, 6) is -1.06. The van der Waals surface area contributed by atoms with Crippen molar-refractivity contribution in [1.29, 1.82) is 0 Å². The summed E-state index contributed by atoms with van der Waals surface area (Å²) in [6.45, 7) is 2.65. The Hall–Kier alpha value is -1.88. The lowest BCUT2D eigenvalue weighted by Crippen LogP contribution is -2.56. The molecule has 0 radical (unpaired) electrons. The summed E-state index contributed by atoms with van der Waals surface area (Å²) in [7, 11) is 0. The average Bonchev–Trinajstić information content (AvgIpc) is 2.44. The standard InChI is InChI=1S/C14H17NO4/c1-2-7-15(10-16)14(13(17)18)9-19-8-11-5-3-4-6-12(11)14/h3-6,10H,2,7-9H2,1H3,(H,17,18). The molecule has 2 rings (SSSR count). The number of carboxylic acid groups (broad SMARTS) is 1. The van der Waals surface area contributed by atoms with Crippen molar-refractivity contribution in [2.24, 2.45) is 0 Å². The van der Waals surface area contributed by atoms with Gasteiger partial charge in [-0.25, -0.2) is 4.79 Å². The predicted molar refractivity (Wildman–Crippen MR) is 68.5 cm³/mol. The maximum absolute atomic E-state index is 11.8. The van der Waals surface area contributed by atoms with Gasteiger partial charge in [0.25, 0.3) is 0 Å². The van der Waals surface area contributed by atoms with Crippen molar-refractivity contribution in [3.63, 3.8) is 0 Å². The second-order valence-corrected chi connectivity index (χ2v) is 4.61. The number of fused-ring (bicyclic) bond motifs is 1. The Bertz CT molecular complexity index is 488. The van der Waals surface area contributed by atoms with Gasteiger partial charge in [-0.05, 0) is 17.5 Å². The molecule has 1 heterocycles. The Balaban J connectivity index is 2.58. The van der Waals surface area contributed by atoms with E-state index in [4.69, 9.17) is 4.74 Å². The molecular weight excluding hydrogens is 246 g/mol. The first-order valence-corrected chi connectivity index (χ1v) is 6.28. The number of benzene rings is 1. The zero-order chi connectivity index (χ0) is 13.9. The van der Waals surface area contributed by atoms with Gasteiger partial charge in [-0.3, -0.25) is 4.79 Å². The summed E-state index contributed by atoms with van der Waals surface area (Å²) < 4.78 is 5.42. The van der Waals surface area contributed by atoms with E-state index in [1.54, 1.807) is 12.1 Å². The third-order valence-corrected chi connectivity index (χ3v) is 3.47. The highest BCUT2D eigenvalue weighted by Crippen LogP contribution is 2.35. The second kappa shape index (κ2) is 5.40. The fourth-order valence-corrected chi connectivity index (χ4v) is 2.55. The topological polar surface area (TPSA) is 66.8 Å². The molecular formula is C14H17NO4. The number of hydrogen-bond acceptors (Lipinski definition) is 3. The van der Waals surface area contributed by atoms with Crippen molar-refractivity contribution in [1.82, 2.24) is 4.90 Å². The first kappa shape index (κ1) is 13.5. The van der Waals surface area contributed by atoms with Crippen LogP contribution >= 0.6 is 0 Å². The van der Waals surface area contributed by atoms with Crippen molar-refractivity contribution in [3.8, 4) is 0 Å². The van der Waals surface area contributed by atoms with Gasteiger partial charge in [-0.15, -0.1) is 0 Å². The third kappa shape index (κ3) is 2.10. The lowest BCUT2D eigenvalue weighted by molar-refractivity contribution is -0.163. The molecule has 1 N–H and O–H groups in total. The van der Waals surface area contributed by atoms with Crippen LogP contribution in [0.3, 0.4) is 0 Å². The van der Waals surface area contributed by atoms with Crippen LogP contribution < -0.4 is 0 Å². The normalized spacial score (nSPS) is 21.5. The SMILES string of the molecule is CCCN(C=O)C1(C(=O)O)COCc2ccccc21. The molecule has 1 atom stereocenters. The number of nitrogens with zero attached hydrogens (tertiary/aromatic N) is 1. The predicted octanol–water partition coefficient (Wildman–Crippen LogP) is 1.37. The third-order valence-electron chi connectivity index (χ3n) is 3.47. The van der Waals surface area contributed by atoms with Crippen LogP contribution in [-0.4, -0.2) is 35.5 Å². The van der Waals surface area contributed by atoms with Crippen molar-refractivity contribution in [2.45, 2.75) is 25.5 Å². The zero-order valence-electron chi connectivity index (χ0n) is 10.8. The lowest BCUT2D eigenvalue weighted by atomic mass is 9.84. The Kier molecular flexibility index (Phi) is 3.85. The van der Waals surface area contributed by atoms with Gasteiger partial charge in [0.15, 0.2) is 5.54 Å². The zero-order valence-corrected chi connectivity index (χ0v) is 10.8. The molecule has 0 aromatic heterocycles. The highest BCUT2D eigenvalue weighted by molar-refractivity contribution is 5.84. The Morgan fingerprint density at radius 3 is 2.89 bits per heavy atom. The fraction of sp³-hybridized carbons (Fsp3) is 0.429. The quantitative estimate of drug-likeness (QED) is 0.815. The van der Waals surface area contributed by atoms with Gasteiger partial charge in [0, 0.05) is 6.54 Å². The molecule has 5 nitrogen and oxygen atoms in total. The number of carboxylic acids is 1. The molecule has 0 fully saturated rings. The Labute approximate surface area is 111 Å². The largest absolute Gasteiger partial charge is 0.479 e. The van der Waals surface area contributed by atoms with Gasteiger partial charge in [-0.2, -0.15) is 0 Å². The summed E-state index contributed by atoms with van der Waals surface area (Å²) in [6.07, 6.45) is 1.29. The summed E-state index contributed by atoms with van der Waals surface area (Å²) in [5, 5.41) is 9.68. The molecule has 0 saturated heterocycles. The summed E-state index contributed by atoms with van der Waals surface area (Å²) in [5.41, 5.74) is 0.0560. The number of hydrogen-bond donors (Lipinski definition) is 1. The van der Waals surface area contributed by atoms with Crippen LogP contribution in [0.25, 0.3) is 0 Å². The molecule has 0 bridgehead atoms. The Morgan fingerprint density at radius 1 is 1.53 bits per heavy atom. The van der Waals surface area contributed by atoms with E-state index in [-0.39, 0.29) is 6.61 Å². The lowest BCUT2D eigenvalue weighted by Gasteiger charge is -2.41. The maximum Gasteiger partial charge on any atom is 0.336 e. The van der Waals surface area contributed by atoms with Crippen LogP contribution in [-0.2, 0) is 26.5 Å². The van der Waals surface area contributed by atoms with Crippen LogP contribution in [0, 0.1) is 0 Å². The van der Waals surface area contributed by atoms with Gasteiger partial charge < -0.3 is 14.7 Å². The van der Waals surface area contributed by atoms with Crippen molar-refractivity contribution >= 4 is 12.4 Å². The van der Waals surface area contributed by atoms with Crippen molar-refractivity contribution < 1.29 is 19.4 Å². The van der Waals surface area contributed by atoms with E-state index in [1.165, 1.54) is 4.90 Å². The van der Waals surface area contributed by atoms with E-state index in [0.717, 1.165) is 5.56 Å². The molecule has 5 heteroatoms. The van der Waals surface area contributed by atoms with Gasteiger partial charge in [0.2, 0.25) is 6.41 Å². The highest BCUT2D eigenvalue weighted by Gasteiger charge is 2.49.